The van der Waals surface area contributed by atoms with Gasteiger partial charge in [0.15, 0.2) is 0 Å². The Balaban J connectivity index is 1.68. The molecule has 9 heteroatoms. The van der Waals surface area contributed by atoms with Gasteiger partial charge in [0.05, 0.1) is 18.6 Å². The number of piperidine rings is 1. The number of nitrogen functional groups attached to an aromatic ring is 1. The lowest BCUT2D eigenvalue weighted by Crippen LogP contribution is -2.44. The second kappa shape index (κ2) is 6.58. The summed E-state index contributed by atoms with van der Waals surface area (Å²) in [5.74, 6) is 1.38. The van der Waals surface area contributed by atoms with E-state index in [1.165, 1.54) is 6.26 Å². The normalized spacial score (nSPS) is 23.3. The summed E-state index contributed by atoms with van der Waals surface area (Å²) in [4.78, 5) is 10.8. The topological polar surface area (TPSA) is 110 Å². The first-order chi connectivity index (χ1) is 10.9. The highest BCUT2D eigenvalue weighted by Gasteiger charge is 2.25. The van der Waals surface area contributed by atoms with E-state index in [1.54, 1.807) is 0 Å². The molecule has 23 heavy (non-hydrogen) atoms. The van der Waals surface area contributed by atoms with E-state index in [4.69, 9.17) is 10.5 Å². The first-order valence-electron chi connectivity index (χ1n) is 7.85. The molecule has 2 aliphatic heterocycles. The van der Waals surface area contributed by atoms with Crippen LogP contribution in [0.5, 0.6) is 0 Å². The van der Waals surface area contributed by atoms with Crippen molar-refractivity contribution in [3.8, 4) is 0 Å². The predicted octanol–water partition coefficient (Wildman–Crippen LogP) is 0.0807. The molecule has 1 aromatic heterocycles. The summed E-state index contributed by atoms with van der Waals surface area (Å²) < 4.78 is 30.7. The van der Waals surface area contributed by atoms with Gasteiger partial charge in [-0.2, -0.15) is 4.98 Å². The summed E-state index contributed by atoms with van der Waals surface area (Å²) in [6.07, 6.45) is 3.65. The number of nitrogens with two attached hydrogens (primary N) is 1. The van der Waals surface area contributed by atoms with Crippen LogP contribution in [0.15, 0.2) is 6.07 Å². The maximum absolute atomic E-state index is 11.3. The van der Waals surface area contributed by atoms with Gasteiger partial charge in [-0.1, -0.05) is 0 Å². The van der Waals surface area contributed by atoms with Crippen LogP contribution in [-0.2, 0) is 14.8 Å². The Bertz CT molecular complexity index is 652. The van der Waals surface area contributed by atoms with Gasteiger partial charge in [-0.15, -0.1) is 0 Å². The largest absolute Gasteiger partial charge is 0.381 e. The molecular formula is C14H23N5O3S. The zero-order valence-corrected chi connectivity index (χ0v) is 14.1. The van der Waals surface area contributed by atoms with Gasteiger partial charge >= 0.3 is 0 Å². The van der Waals surface area contributed by atoms with Crippen LogP contribution in [0.4, 0.5) is 11.8 Å². The Morgan fingerprint density at radius 1 is 1.30 bits per heavy atom. The lowest BCUT2D eigenvalue weighted by Gasteiger charge is -2.33. The molecule has 2 aliphatic rings. The molecule has 3 N–H and O–H groups in total. The third kappa shape index (κ3) is 4.30. The third-order valence-corrected chi connectivity index (χ3v) is 5.06. The van der Waals surface area contributed by atoms with Crippen LogP contribution in [0, 0.1) is 0 Å². The van der Waals surface area contributed by atoms with Crippen molar-refractivity contribution < 1.29 is 13.2 Å². The second-order valence-corrected chi connectivity index (χ2v) is 8.00. The molecular weight excluding hydrogens is 318 g/mol. The third-order valence-electron chi connectivity index (χ3n) is 4.30. The molecule has 0 aromatic carbocycles. The van der Waals surface area contributed by atoms with E-state index in [9.17, 15) is 8.42 Å². The molecule has 0 saturated carbocycles. The van der Waals surface area contributed by atoms with Gasteiger partial charge in [0.1, 0.15) is 5.82 Å². The van der Waals surface area contributed by atoms with E-state index in [-0.39, 0.29) is 17.9 Å². The molecule has 8 nitrogen and oxygen atoms in total. The molecule has 2 saturated heterocycles. The first-order valence-corrected chi connectivity index (χ1v) is 9.74. The first kappa shape index (κ1) is 16.4. The number of nitrogens with zero attached hydrogens (tertiary/aromatic N) is 3. The van der Waals surface area contributed by atoms with E-state index >= 15 is 0 Å². The predicted molar refractivity (Wildman–Crippen MR) is 87.8 cm³/mol. The van der Waals surface area contributed by atoms with Crippen molar-refractivity contribution >= 4 is 21.8 Å². The Labute approximate surface area is 136 Å². The number of hydrogen-bond donors (Lipinski definition) is 2. The van der Waals surface area contributed by atoms with Crippen molar-refractivity contribution in [1.82, 2.24) is 14.7 Å². The maximum Gasteiger partial charge on any atom is 0.222 e. The van der Waals surface area contributed by atoms with Crippen LogP contribution >= 0.6 is 0 Å². The molecule has 0 bridgehead atoms. The molecule has 2 fully saturated rings. The molecule has 1 unspecified atom stereocenters. The molecule has 128 valence electrons. The van der Waals surface area contributed by atoms with E-state index in [1.807, 2.05) is 6.07 Å². The van der Waals surface area contributed by atoms with Crippen LogP contribution in [0.1, 0.15) is 30.9 Å². The fourth-order valence-corrected chi connectivity index (χ4v) is 3.98. The lowest BCUT2D eigenvalue weighted by atomic mass is 10.0. The molecule has 0 spiro atoms. The van der Waals surface area contributed by atoms with Gasteiger partial charge in [0, 0.05) is 37.7 Å². The highest BCUT2D eigenvalue weighted by atomic mass is 32.2. The molecule has 0 aliphatic carbocycles. The number of nitrogens with one attached hydrogen (secondary N) is 1. The van der Waals surface area contributed by atoms with Crippen LogP contribution in [0.2, 0.25) is 0 Å². The van der Waals surface area contributed by atoms with Crippen LogP contribution in [-0.4, -0.2) is 57.0 Å². The minimum atomic E-state index is -3.16. The Morgan fingerprint density at radius 2 is 2.04 bits per heavy atom. The lowest BCUT2D eigenvalue weighted by molar-refractivity contribution is 0.193. The average molecular weight is 341 g/mol. The maximum atomic E-state index is 11.3. The van der Waals surface area contributed by atoms with Crippen LogP contribution < -0.4 is 15.4 Å². The number of aromatic nitrogens is 2. The highest BCUT2D eigenvalue weighted by Crippen LogP contribution is 2.27. The smallest absolute Gasteiger partial charge is 0.222 e. The van der Waals surface area contributed by atoms with Gasteiger partial charge in [-0.25, -0.2) is 18.1 Å². The molecule has 3 heterocycles. The van der Waals surface area contributed by atoms with Gasteiger partial charge in [0.25, 0.3) is 0 Å². The molecule has 0 amide bonds. The average Bonchev–Trinajstić information content (AvgIpc) is 3.00. The Morgan fingerprint density at radius 3 is 2.65 bits per heavy atom. The van der Waals surface area contributed by atoms with Gasteiger partial charge < -0.3 is 15.4 Å². The monoisotopic (exact) mass is 341 g/mol. The minimum absolute atomic E-state index is 0.0110. The molecule has 1 aromatic rings. The summed E-state index contributed by atoms with van der Waals surface area (Å²) in [5.41, 5.74) is 6.79. The fraction of sp³-hybridized carbons (Fsp3) is 0.714. The van der Waals surface area contributed by atoms with Crippen LogP contribution in [0.3, 0.4) is 0 Å². The molecule has 0 radical (unpaired) electrons. The summed E-state index contributed by atoms with van der Waals surface area (Å²) in [5, 5.41) is 0. The zero-order chi connectivity index (χ0) is 16.4. The second-order valence-electron chi connectivity index (χ2n) is 6.22. The quantitative estimate of drug-likeness (QED) is 0.798. The van der Waals surface area contributed by atoms with Crippen molar-refractivity contribution in [3.05, 3.63) is 11.8 Å². The number of anilines is 2. The number of ether oxygens (including phenoxy) is 1. The summed E-state index contributed by atoms with van der Waals surface area (Å²) in [7, 11) is -3.16. The van der Waals surface area contributed by atoms with Gasteiger partial charge in [-0.05, 0) is 19.3 Å². The zero-order valence-electron chi connectivity index (χ0n) is 13.2. The SMILES string of the molecule is CS(=O)(=O)NC1CCN(c2cc(C3CCOC3)nc(N)n2)CC1. The summed E-state index contributed by atoms with van der Waals surface area (Å²) in [6, 6.07) is 1.98. The summed E-state index contributed by atoms with van der Waals surface area (Å²) >= 11 is 0. The Hall–Kier alpha value is -1.45. The number of hydrogen-bond acceptors (Lipinski definition) is 7. The van der Waals surface area contributed by atoms with Crippen molar-refractivity contribution in [1.29, 1.82) is 0 Å². The Kier molecular flexibility index (Phi) is 4.69. The van der Waals surface area contributed by atoms with E-state index in [0.29, 0.717) is 6.61 Å². The van der Waals surface area contributed by atoms with Gasteiger partial charge in [0.2, 0.25) is 16.0 Å². The highest BCUT2D eigenvalue weighted by molar-refractivity contribution is 7.88. The van der Waals surface area contributed by atoms with Crippen LogP contribution in [0.25, 0.3) is 0 Å². The molecule has 1 atom stereocenters. The number of rotatable bonds is 4. The van der Waals surface area contributed by atoms with E-state index < -0.39 is 10.0 Å². The van der Waals surface area contributed by atoms with Crippen molar-refractivity contribution in [3.63, 3.8) is 0 Å². The standard InChI is InChI=1S/C14H23N5O3S/c1-23(20,21)18-11-2-5-19(6-3-11)13-8-12(16-14(15)17-13)10-4-7-22-9-10/h8,10-11,18H,2-7,9H2,1H3,(H2,15,16,17). The molecule has 3 rings (SSSR count). The van der Waals surface area contributed by atoms with E-state index in [2.05, 4.69) is 19.6 Å². The fourth-order valence-electron chi connectivity index (χ4n) is 3.14. The van der Waals surface area contributed by atoms with Gasteiger partial charge in [-0.3, -0.25) is 0 Å². The number of sulfonamides is 1. The van der Waals surface area contributed by atoms with Crippen molar-refractivity contribution in [2.75, 3.05) is 43.2 Å². The van der Waals surface area contributed by atoms with E-state index in [0.717, 1.165) is 50.5 Å². The van der Waals surface area contributed by atoms with Crippen molar-refractivity contribution in [2.45, 2.75) is 31.2 Å². The van der Waals surface area contributed by atoms with Crippen molar-refractivity contribution in [2.24, 2.45) is 0 Å². The summed E-state index contributed by atoms with van der Waals surface area (Å²) in [6.45, 7) is 2.91. The minimum Gasteiger partial charge on any atom is -0.381 e.